The highest BCUT2D eigenvalue weighted by atomic mass is 16.5. The van der Waals surface area contributed by atoms with E-state index in [9.17, 15) is 0 Å². The van der Waals surface area contributed by atoms with Crippen LogP contribution in [-0.4, -0.2) is 24.8 Å². The van der Waals surface area contributed by atoms with E-state index in [2.05, 4.69) is 25.2 Å². The van der Waals surface area contributed by atoms with Crippen LogP contribution in [0.3, 0.4) is 0 Å². The van der Waals surface area contributed by atoms with E-state index < -0.39 is 0 Å². The second-order valence-corrected chi connectivity index (χ2v) is 6.01. The Morgan fingerprint density at radius 3 is 2.75 bits per heavy atom. The molecule has 3 nitrogen and oxygen atoms in total. The molecule has 0 bridgehead atoms. The van der Waals surface area contributed by atoms with Crippen LogP contribution in [0.5, 0.6) is 0 Å². The van der Waals surface area contributed by atoms with Crippen molar-refractivity contribution in [1.82, 2.24) is 5.32 Å². The molecule has 2 rings (SSSR count). The Hall–Kier alpha value is -0.590. The van der Waals surface area contributed by atoms with Crippen molar-refractivity contribution in [2.24, 2.45) is 5.41 Å². The Morgan fingerprint density at radius 2 is 2.19 bits per heavy atom. The third kappa shape index (κ3) is 2.96. The minimum absolute atomic E-state index is 0.0157. The maximum Gasteiger partial charge on any atom is 0.0641 e. The third-order valence-corrected chi connectivity index (χ3v) is 3.87. The molecule has 0 aromatic heterocycles. The summed E-state index contributed by atoms with van der Waals surface area (Å²) in [6.45, 7) is 6.18. The molecule has 0 radical (unpaired) electrons. The van der Waals surface area contributed by atoms with Gasteiger partial charge >= 0.3 is 0 Å². The van der Waals surface area contributed by atoms with Gasteiger partial charge in [-0.2, -0.15) is 5.26 Å². The van der Waals surface area contributed by atoms with Crippen molar-refractivity contribution in [2.45, 2.75) is 57.6 Å². The van der Waals surface area contributed by atoms with E-state index in [1.165, 1.54) is 12.8 Å². The average Bonchev–Trinajstić information content (AvgIpc) is 2.95. The van der Waals surface area contributed by atoms with E-state index in [0.29, 0.717) is 17.9 Å². The summed E-state index contributed by atoms with van der Waals surface area (Å²) >= 11 is 0. The summed E-state index contributed by atoms with van der Waals surface area (Å²) in [6, 6.07) is 2.88. The number of rotatable bonds is 4. The fourth-order valence-electron chi connectivity index (χ4n) is 2.53. The molecule has 16 heavy (non-hydrogen) atoms. The Bertz CT molecular complexity index is 289. The van der Waals surface area contributed by atoms with Gasteiger partial charge in [-0.15, -0.1) is 0 Å². The lowest BCUT2D eigenvalue weighted by atomic mass is 9.93. The SMILES string of the molecule is CC1(C)CC(NCC2(CC#N)CC2)CCO1. The van der Waals surface area contributed by atoms with Crippen molar-refractivity contribution in [3.8, 4) is 6.07 Å². The monoisotopic (exact) mass is 222 g/mol. The zero-order valence-corrected chi connectivity index (χ0v) is 10.4. The van der Waals surface area contributed by atoms with E-state index in [4.69, 9.17) is 10.00 Å². The Balaban J connectivity index is 1.76. The summed E-state index contributed by atoms with van der Waals surface area (Å²) in [5.74, 6) is 0. The highest BCUT2D eigenvalue weighted by molar-refractivity contribution is 5.01. The molecule has 1 heterocycles. The number of nitrogens with one attached hydrogen (secondary N) is 1. The van der Waals surface area contributed by atoms with Crippen LogP contribution in [0.1, 0.15) is 46.0 Å². The molecule has 2 fully saturated rings. The first-order chi connectivity index (χ1) is 7.55. The molecular formula is C13H22N2O. The molecule has 0 spiro atoms. The topological polar surface area (TPSA) is 45.0 Å². The minimum Gasteiger partial charge on any atom is -0.375 e. The molecule has 90 valence electrons. The van der Waals surface area contributed by atoms with E-state index in [0.717, 1.165) is 26.0 Å². The first-order valence-electron chi connectivity index (χ1n) is 6.30. The fraction of sp³-hybridized carbons (Fsp3) is 0.923. The van der Waals surface area contributed by atoms with Gasteiger partial charge in [0.1, 0.15) is 0 Å². The molecular weight excluding hydrogens is 200 g/mol. The summed E-state index contributed by atoms with van der Waals surface area (Å²) in [7, 11) is 0. The maximum absolute atomic E-state index is 8.76. The van der Waals surface area contributed by atoms with Crippen molar-refractivity contribution < 1.29 is 4.74 Å². The van der Waals surface area contributed by atoms with E-state index >= 15 is 0 Å². The van der Waals surface area contributed by atoms with Crippen LogP contribution in [0, 0.1) is 16.7 Å². The van der Waals surface area contributed by atoms with Crippen LogP contribution >= 0.6 is 0 Å². The lowest BCUT2D eigenvalue weighted by Crippen LogP contribution is -2.45. The molecule has 1 N–H and O–H groups in total. The van der Waals surface area contributed by atoms with E-state index in [1.807, 2.05) is 0 Å². The highest BCUT2D eigenvalue weighted by Crippen LogP contribution is 2.48. The highest BCUT2D eigenvalue weighted by Gasteiger charge is 2.42. The quantitative estimate of drug-likeness (QED) is 0.793. The molecule has 1 saturated carbocycles. The van der Waals surface area contributed by atoms with Crippen LogP contribution in [0.2, 0.25) is 0 Å². The zero-order chi connectivity index (χ0) is 11.6. The normalized spacial score (nSPS) is 30.7. The molecule has 0 aromatic rings. The van der Waals surface area contributed by atoms with Gasteiger partial charge in [0.15, 0.2) is 0 Å². The van der Waals surface area contributed by atoms with Gasteiger partial charge in [-0.1, -0.05) is 0 Å². The smallest absolute Gasteiger partial charge is 0.0641 e. The second-order valence-electron chi connectivity index (χ2n) is 6.01. The van der Waals surface area contributed by atoms with Crippen molar-refractivity contribution in [3.05, 3.63) is 0 Å². The molecule has 0 amide bonds. The van der Waals surface area contributed by atoms with Crippen molar-refractivity contribution in [2.75, 3.05) is 13.2 Å². The van der Waals surface area contributed by atoms with Gasteiger partial charge in [0.05, 0.1) is 11.7 Å². The van der Waals surface area contributed by atoms with Gasteiger partial charge in [0.25, 0.3) is 0 Å². The molecule has 0 aromatic carbocycles. The lowest BCUT2D eigenvalue weighted by molar-refractivity contribution is -0.0633. The van der Waals surface area contributed by atoms with Crippen molar-refractivity contribution in [3.63, 3.8) is 0 Å². The van der Waals surface area contributed by atoms with Gasteiger partial charge in [-0.3, -0.25) is 0 Å². The van der Waals surface area contributed by atoms with Gasteiger partial charge in [0, 0.05) is 25.6 Å². The summed E-state index contributed by atoms with van der Waals surface area (Å²) in [5, 5.41) is 12.4. The van der Waals surface area contributed by atoms with Gasteiger partial charge in [0.2, 0.25) is 0 Å². The van der Waals surface area contributed by atoms with E-state index in [1.54, 1.807) is 0 Å². The minimum atomic E-state index is 0.0157. The molecule has 1 aliphatic heterocycles. The number of hydrogen-bond acceptors (Lipinski definition) is 3. The lowest BCUT2D eigenvalue weighted by Gasteiger charge is -2.36. The predicted octanol–water partition coefficient (Wildman–Crippen LogP) is 2.23. The Labute approximate surface area is 98.2 Å². The Morgan fingerprint density at radius 1 is 1.44 bits per heavy atom. The van der Waals surface area contributed by atoms with Crippen LogP contribution in [0.25, 0.3) is 0 Å². The van der Waals surface area contributed by atoms with Gasteiger partial charge in [-0.05, 0) is 44.9 Å². The summed E-state index contributed by atoms with van der Waals surface area (Å²) < 4.78 is 5.70. The van der Waals surface area contributed by atoms with Crippen LogP contribution in [0.4, 0.5) is 0 Å². The summed E-state index contributed by atoms with van der Waals surface area (Å²) in [5.41, 5.74) is 0.332. The Kier molecular flexibility index (Phi) is 3.23. The number of hydrogen-bond donors (Lipinski definition) is 1. The van der Waals surface area contributed by atoms with Crippen molar-refractivity contribution >= 4 is 0 Å². The summed E-state index contributed by atoms with van der Waals surface area (Å²) in [4.78, 5) is 0. The van der Waals surface area contributed by atoms with Gasteiger partial charge in [-0.25, -0.2) is 0 Å². The largest absolute Gasteiger partial charge is 0.375 e. The van der Waals surface area contributed by atoms with Crippen LogP contribution < -0.4 is 5.32 Å². The predicted molar refractivity (Wildman–Crippen MR) is 63.0 cm³/mol. The second kappa shape index (κ2) is 4.35. The average molecular weight is 222 g/mol. The molecule has 1 saturated heterocycles. The summed E-state index contributed by atoms with van der Waals surface area (Å²) in [6.07, 6.45) is 5.34. The fourth-order valence-corrected chi connectivity index (χ4v) is 2.53. The number of ether oxygens (including phenoxy) is 1. The molecule has 1 unspecified atom stereocenters. The number of nitrogens with zero attached hydrogens (tertiary/aromatic N) is 1. The first kappa shape index (κ1) is 11.9. The zero-order valence-electron chi connectivity index (χ0n) is 10.4. The molecule has 3 heteroatoms. The first-order valence-corrected chi connectivity index (χ1v) is 6.30. The molecule has 2 aliphatic rings. The maximum atomic E-state index is 8.76. The van der Waals surface area contributed by atoms with E-state index in [-0.39, 0.29) is 5.60 Å². The third-order valence-electron chi connectivity index (χ3n) is 3.87. The van der Waals surface area contributed by atoms with Crippen LogP contribution in [0.15, 0.2) is 0 Å². The standard InChI is InChI=1S/C13H22N2O/c1-12(2)9-11(3-8-16-12)15-10-13(4-5-13)6-7-14/h11,15H,3-6,8-10H2,1-2H3. The van der Waals surface area contributed by atoms with Gasteiger partial charge < -0.3 is 10.1 Å². The van der Waals surface area contributed by atoms with Crippen molar-refractivity contribution in [1.29, 1.82) is 5.26 Å². The number of nitriles is 1. The van der Waals surface area contributed by atoms with Crippen LogP contribution in [-0.2, 0) is 4.74 Å². The molecule has 1 aliphatic carbocycles. The molecule has 1 atom stereocenters.